The molecule has 0 unspecified atom stereocenters. The van der Waals surface area contributed by atoms with Crippen molar-refractivity contribution in [1.82, 2.24) is 14.9 Å². The Bertz CT molecular complexity index is 806. The Morgan fingerprint density at radius 3 is 2.43 bits per heavy atom. The third-order valence-corrected chi connectivity index (χ3v) is 4.39. The van der Waals surface area contributed by atoms with E-state index in [0.29, 0.717) is 5.69 Å². The first-order valence-corrected chi connectivity index (χ1v) is 8.66. The van der Waals surface area contributed by atoms with Gasteiger partial charge in [0.25, 0.3) is 0 Å². The van der Waals surface area contributed by atoms with Gasteiger partial charge in [-0.1, -0.05) is 0 Å². The number of anilines is 3. The maximum Gasteiger partial charge on any atom is 0.433 e. The number of rotatable bonds is 5. The zero-order valence-electron chi connectivity index (χ0n) is 15.2. The number of nitrogens with zero attached hydrogens (tertiary/aromatic N) is 4. The zero-order chi connectivity index (χ0) is 20.1. The average Bonchev–Trinajstić information content (AvgIpc) is 2.69. The average molecular weight is 395 g/mol. The summed E-state index contributed by atoms with van der Waals surface area (Å²) in [6.45, 7) is 3.30. The molecule has 1 aliphatic rings. The first kappa shape index (κ1) is 19.9. The molecule has 1 saturated heterocycles. The minimum atomic E-state index is -4.51. The summed E-state index contributed by atoms with van der Waals surface area (Å²) >= 11 is 0. The standard InChI is InChI=1S/C18H20F3N5O2/c1-28-16(27)12-25-8-10-26(11-9-25)14-4-2-13(3-5-14)23-17-22-7-6-15(24-17)18(19,20)21/h2-7H,8-12H2,1H3,(H,22,23,24). The maximum absolute atomic E-state index is 12.7. The Morgan fingerprint density at radius 1 is 1.14 bits per heavy atom. The van der Waals surface area contributed by atoms with Gasteiger partial charge >= 0.3 is 12.1 Å². The molecule has 0 bridgehead atoms. The molecule has 1 aromatic heterocycles. The van der Waals surface area contributed by atoms with E-state index >= 15 is 0 Å². The second-order valence-corrected chi connectivity index (χ2v) is 6.27. The van der Waals surface area contributed by atoms with Crippen LogP contribution in [0.15, 0.2) is 36.5 Å². The predicted molar refractivity (Wildman–Crippen MR) is 97.4 cm³/mol. The first-order valence-electron chi connectivity index (χ1n) is 8.66. The number of benzene rings is 1. The van der Waals surface area contributed by atoms with Gasteiger partial charge < -0.3 is 15.0 Å². The van der Waals surface area contributed by atoms with Crippen molar-refractivity contribution in [2.75, 3.05) is 50.1 Å². The van der Waals surface area contributed by atoms with E-state index in [1.807, 2.05) is 17.0 Å². The Morgan fingerprint density at radius 2 is 1.82 bits per heavy atom. The van der Waals surface area contributed by atoms with Gasteiger partial charge in [0, 0.05) is 43.8 Å². The van der Waals surface area contributed by atoms with Gasteiger partial charge in [0.2, 0.25) is 5.95 Å². The summed E-state index contributed by atoms with van der Waals surface area (Å²) in [6.07, 6.45) is -3.44. The van der Waals surface area contributed by atoms with E-state index in [1.165, 1.54) is 7.11 Å². The van der Waals surface area contributed by atoms with Crippen LogP contribution in [-0.2, 0) is 15.7 Å². The SMILES string of the molecule is COC(=O)CN1CCN(c2ccc(Nc3nccc(C(F)(F)F)n3)cc2)CC1. The lowest BCUT2D eigenvalue weighted by molar-refractivity contribution is -0.142. The number of hydrogen-bond donors (Lipinski definition) is 1. The molecule has 0 atom stereocenters. The molecule has 0 spiro atoms. The third-order valence-electron chi connectivity index (χ3n) is 4.39. The topological polar surface area (TPSA) is 70.6 Å². The van der Waals surface area contributed by atoms with E-state index in [-0.39, 0.29) is 18.5 Å². The van der Waals surface area contributed by atoms with Crippen LogP contribution in [-0.4, -0.2) is 60.7 Å². The van der Waals surface area contributed by atoms with Crippen LogP contribution in [0, 0.1) is 0 Å². The third kappa shape index (κ3) is 5.10. The Balaban J connectivity index is 1.58. The number of hydrogen-bond acceptors (Lipinski definition) is 7. The highest BCUT2D eigenvalue weighted by molar-refractivity contribution is 5.71. The zero-order valence-corrected chi connectivity index (χ0v) is 15.2. The van der Waals surface area contributed by atoms with Gasteiger partial charge in [0.1, 0.15) is 5.69 Å². The maximum atomic E-state index is 12.7. The van der Waals surface area contributed by atoms with Crippen molar-refractivity contribution in [1.29, 1.82) is 0 Å². The first-order chi connectivity index (χ1) is 13.3. The number of carbonyl (C=O) groups is 1. The lowest BCUT2D eigenvalue weighted by Crippen LogP contribution is -2.48. The second kappa shape index (κ2) is 8.42. The molecule has 0 amide bonds. The smallest absolute Gasteiger partial charge is 0.433 e. The van der Waals surface area contributed by atoms with Crippen molar-refractivity contribution < 1.29 is 22.7 Å². The van der Waals surface area contributed by atoms with E-state index < -0.39 is 11.9 Å². The van der Waals surface area contributed by atoms with Gasteiger partial charge in [-0.25, -0.2) is 9.97 Å². The van der Waals surface area contributed by atoms with Crippen molar-refractivity contribution >= 4 is 23.3 Å². The number of aromatic nitrogens is 2. The van der Waals surface area contributed by atoms with Gasteiger partial charge in [0.05, 0.1) is 13.7 Å². The molecule has 150 valence electrons. The van der Waals surface area contributed by atoms with Crippen LogP contribution in [0.3, 0.4) is 0 Å². The van der Waals surface area contributed by atoms with E-state index in [0.717, 1.165) is 44.1 Å². The molecule has 1 aromatic carbocycles. The predicted octanol–water partition coefficient (Wildman–Crippen LogP) is 2.53. The van der Waals surface area contributed by atoms with Crippen molar-refractivity contribution in [3.63, 3.8) is 0 Å². The summed E-state index contributed by atoms with van der Waals surface area (Å²) in [7, 11) is 1.37. The molecule has 1 aliphatic heterocycles. The fourth-order valence-corrected chi connectivity index (χ4v) is 2.87. The van der Waals surface area contributed by atoms with Crippen molar-refractivity contribution in [2.45, 2.75) is 6.18 Å². The summed E-state index contributed by atoms with van der Waals surface area (Å²) < 4.78 is 42.9. The summed E-state index contributed by atoms with van der Waals surface area (Å²) in [5, 5.41) is 2.78. The van der Waals surface area contributed by atoms with Crippen LogP contribution >= 0.6 is 0 Å². The molecular weight excluding hydrogens is 375 g/mol. The molecule has 1 N–H and O–H groups in total. The quantitative estimate of drug-likeness (QED) is 0.780. The van der Waals surface area contributed by atoms with Crippen molar-refractivity contribution in [3.8, 4) is 0 Å². The molecule has 10 heteroatoms. The number of piperazine rings is 1. The van der Waals surface area contributed by atoms with Crippen LogP contribution in [0.25, 0.3) is 0 Å². The lowest BCUT2D eigenvalue weighted by atomic mass is 10.2. The van der Waals surface area contributed by atoms with E-state index in [9.17, 15) is 18.0 Å². The van der Waals surface area contributed by atoms with Gasteiger partial charge in [-0.15, -0.1) is 0 Å². The molecule has 2 aromatic rings. The van der Waals surface area contributed by atoms with E-state index in [2.05, 4.69) is 24.9 Å². The van der Waals surface area contributed by atoms with Gasteiger partial charge in [0.15, 0.2) is 0 Å². The summed E-state index contributed by atoms with van der Waals surface area (Å²) in [4.78, 5) is 22.9. The highest BCUT2D eigenvalue weighted by atomic mass is 19.4. The number of carbonyl (C=O) groups excluding carboxylic acids is 1. The normalized spacial score (nSPS) is 15.4. The van der Waals surface area contributed by atoms with Crippen LogP contribution < -0.4 is 10.2 Å². The van der Waals surface area contributed by atoms with Crippen molar-refractivity contribution in [3.05, 3.63) is 42.2 Å². The van der Waals surface area contributed by atoms with Crippen LogP contribution in [0.2, 0.25) is 0 Å². The van der Waals surface area contributed by atoms with Crippen LogP contribution in [0.5, 0.6) is 0 Å². The number of ether oxygens (including phenoxy) is 1. The fourth-order valence-electron chi connectivity index (χ4n) is 2.87. The van der Waals surface area contributed by atoms with Gasteiger partial charge in [-0.2, -0.15) is 13.2 Å². The summed E-state index contributed by atoms with van der Waals surface area (Å²) in [5.74, 6) is -0.361. The Labute approximate surface area is 160 Å². The Hall–Kier alpha value is -2.88. The minimum Gasteiger partial charge on any atom is -0.468 e. The van der Waals surface area contributed by atoms with Crippen molar-refractivity contribution in [2.24, 2.45) is 0 Å². The molecule has 2 heterocycles. The largest absolute Gasteiger partial charge is 0.468 e. The molecule has 28 heavy (non-hydrogen) atoms. The number of alkyl halides is 3. The Kier molecular flexibility index (Phi) is 5.98. The number of nitrogens with one attached hydrogen (secondary N) is 1. The molecule has 1 fully saturated rings. The van der Waals surface area contributed by atoms with Gasteiger partial charge in [-0.3, -0.25) is 9.69 Å². The number of halogens is 3. The highest BCUT2D eigenvalue weighted by Crippen LogP contribution is 2.28. The monoisotopic (exact) mass is 395 g/mol. The van der Waals surface area contributed by atoms with Crippen LogP contribution in [0.4, 0.5) is 30.5 Å². The van der Waals surface area contributed by atoms with Crippen LogP contribution in [0.1, 0.15) is 5.69 Å². The second-order valence-electron chi connectivity index (χ2n) is 6.27. The number of methoxy groups -OCH3 is 1. The fraction of sp³-hybridized carbons (Fsp3) is 0.389. The lowest BCUT2D eigenvalue weighted by Gasteiger charge is -2.35. The summed E-state index contributed by atoms with van der Waals surface area (Å²) in [5.41, 5.74) is 0.590. The molecular formula is C18H20F3N5O2. The molecule has 0 aliphatic carbocycles. The van der Waals surface area contributed by atoms with E-state index in [4.69, 9.17) is 0 Å². The highest BCUT2D eigenvalue weighted by Gasteiger charge is 2.32. The molecule has 7 nitrogen and oxygen atoms in total. The minimum absolute atomic E-state index is 0.112. The molecule has 0 saturated carbocycles. The van der Waals surface area contributed by atoms with E-state index in [1.54, 1.807) is 12.1 Å². The van der Waals surface area contributed by atoms with Gasteiger partial charge in [-0.05, 0) is 30.3 Å². The summed E-state index contributed by atoms with van der Waals surface area (Å²) in [6, 6.07) is 8.12. The molecule has 3 rings (SSSR count). The number of esters is 1. The molecule has 0 radical (unpaired) electrons.